The maximum atomic E-state index is 11.9. The standard InChI is InChI=1S/C16H24N2O2.ClH/c1-11(12-5-7-14(20-2)8-6-12)9-16(19)18-10-15(17)13-3-4-13;/h5-8,11,13,15H,3-4,9-10,17H2,1-2H3,(H,18,19);1H. The van der Waals surface area contributed by atoms with Gasteiger partial charge in [0.25, 0.3) is 0 Å². The molecule has 1 saturated carbocycles. The Morgan fingerprint density at radius 1 is 1.38 bits per heavy atom. The molecule has 1 amide bonds. The van der Waals surface area contributed by atoms with Gasteiger partial charge in [-0.1, -0.05) is 19.1 Å². The molecular weight excluding hydrogens is 288 g/mol. The van der Waals surface area contributed by atoms with Crippen LogP contribution >= 0.6 is 12.4 Å². The molecule has 2 rings (SSSR count). The van der Waals surface area contributed by atoms with Crippen LogP contribution in [0, 0.1) is 5.92 Å². The number of amides is 1. The molecule has 0 spiro atoms. The van der Waals surface area contributed by atoms with E-state index < -0.39 is 0 Å². The predicted octanol–water partition coefficient (Wildman–Crippen LogP) is 2.46. The van der Waals surface area contributed by atoms with Gasteiger partial charge in [0.05, 0.1) is 7.11 Å². The summed E-state index contributed by atoms with van der Waals surface area (Å²) in [4.78, 5) is 11.9. The summed E-state index contributed by atoms with van der Waals surface area (Å²) < 4.78 is 5.13. The lowest BCUT2D eigenvalue weighted by Crippen LogP contribution is -2.38. The van der Waals surface area contributed by atoms with Crippen LogP contribution in [0.3, 0.4) is 0 Å². The molecule has 0 heterocycles. The van der Waals surface area contributed by atoms with E-state index in [2.05, 4.69) is 12.2 Å². The highest BCUT2D eigenvalue weighted by Crippen LogP contribution is 2.31. The third-order valence-corrected chi connectivity index (χ3v) is 3.94. The number of halogens is 1. The van der Waals surface area contributed by atoms with Gasteiger partial charge in [-0.3, -0.25) is 4.79 Å². The number of methoxy groups -OCH3 is 1. The molecule has 2 atom stereocenters. The van der Waals surface area contributed by atoms with Crippen molar-refractivity contribution in [3.05, 3.63) is 29.8 Å². The van der Waals surface area contributed by atoms with Crippen molar-refractivity contribution in [3.8, 4) is 5.75 Å². The molecular formula is C16H25ClN2O2. The molecule has 1 aliphatic rings. The number of benzene rings is 1. The van der Waals surface area contributed by atoms with E-state index in [4.69, 9.17) is 10.5 Å². The van der Waals surface area contributed by atoms with Gasteiger partial charge in [-0.05, 0) is 42.4 Å². The van der Waals surface area contributed by atoms with E-state index in [0.717, 1.165) is 11.3 Å². The molecule has 1 aromatic rings. The van der Waals surface area contributed by atoms with E-state index in [1.54, 1.807) is 7.11 Å². The quantitative estimate of drug-likeness (QED) is 0.813. The summed E-state index contributed by atoms with van der Waals surface area (Å²) in [6, 6.07) is 7.98. The van der Waals surface area contributed by atoms with Crippen LogP contribution in [0.2, 0.25) is 0 Å². The fraction of sp³-hybridized carbons (Fsp3) is 0.562. The molecule has 1 aromatic carbocycles. The number of nitrogens with two attached hydrogens (primary N) is 1. The van der Waals surface area contributed by atoms with E-state index in [9.17, 15) is 4.79 Å². The van der Waals surface area contributed by atoms with Crippen LogP contribution in [0.1, 0.15) is 37.7 Å². The van der Waals surface area contributed by atoms with Gasteiger partial charge in [-0.15, -0.1) is 12.4 Å². The lowest BCUT2D eigenvalue weighted by Gasteiger charge is -2.15. The van der Waals surface area contributed by atoms with E-state index in [1.807, 2.05) is 24.3 Å². The van der Waals surface area contributed by atoms with E-state index in [-0.39, 0.29) is 30.3 Å². The largest absolute Gasteiger partial charge is 0.497 e. The fourth-order valence-corrected chi connectivity index (χ4v) is 2.32. The van der Waals surface area contributed by atoms with Gasteiger partial charge in [-0.25, -0.2) is 0 Å². The minimum atomic E-state index is 0. The Morgan fingerprint density at radius 2 is 2.00 bits per heavy atom. The second kappa shape index (κ2) is 8.25. The van der Waals surface area contributed by atoms with Gasteiger partial charge in [0.15, 0.2) is 0 Å². The van der Waals surface area contributed by atoms with Crippen LogP contribution in [-0.2, 0) is 4.79 Å². The highest BCUT2D eigenvalue weighted by atomic mass is 35.5. The second-order valence-corrected chi connectivity index (χ2v) is 5.68. The van der Waals surface area contributed by atoms with Crippen LogP contribution in [0.5, 0.6) is 5.75 Å². The van der Waals surface area contributed by atoms with Crippen molar-refractivity contribution in [2.45, 2.75) is 38.1 Å². The molecule has 3 N–H and O–H groups in total. The monoisotopic (exact) mass is 312 g/mol. The Morgan fingerprint density at radius 3 is 2.52 bits per heavy atom. The molecule has 0 saturated heterocycles. The van der Waals surface area contributed by atoms with Crippen molar-refractivity contribution in [3.63, 3.8) is 0 Å². The zero-order valence-electron chi connectivity index (χ0n) is 12.7. The summed E-state index contributed by atoms with van der Waals surface area (Å²) in [7, 11) is 1.65. The first kappa shape index (κ1) is 17.8. The number of carbonyl (C=O) groups excluding carboxylic acids is 1. The Bertz CT molecular complexity index is 446. The van der Waals surface area contributed by atoms with Gasteiger partial charge in [0.2, 0.25) is 5.91 Å². The molecule has 0 aromatic heterocycles. The number of carbonyl (C=O) groups is 1. The zero-order valence-corrected chi connectivity index (χ0v) is 13.5. The minimum absolute atomic E-state index is 0. The molecule has 4 nitrogen and oxygen atoms in total. The molecule has 2 unspecified atom stereocenters. The summed E-state index contributed by atoms with van der Waals surface area (Å²) in [5.41, 5.74) is 7.12. The third kappa shape index (κ3) is 5.56. The minimum Gasteiger partial charge on any atom is -0.497 e. The smallest absolute Gasteiger partial charge is 0.220 e. The predicted molar refractivity (Wildman–Crippen MR) is 87.0 cm³/mol. The van der Waals surface area contributed by atoms with Gasteiger partial charge < -0.3 is 15.8 Å². The van der Waals surface area contributed by atoms with E-state index in [1.165, 1.54) is 12.8 Å². The van der Waals surface area contributed by atoms with Crippen molar-refractivity contribution >= 4 is 18.3 Å². The first-order valence-electron chi connectivity index (χ1n) is 7.26. The number of rotatable bonds is 7. The summed E-state index contributed by atoms with van der Waals surface area (Å²) in [5, 5.41) is 2.94. The lowest BCUT2D eigenvalue weighted by atomic mass is 9.97. The van der Waals surface area contributed by atoms with Gasteiger partial charge in [0, 0.05) is 19.0 Å². The highest BCUT2D eigenvalue weighted by Gasteiger charge is 2.28. The zero-order chi connectivity index (χ0) is 14.5. The van der Waals surface area contributed by atoms with Crippen molar-refractivity contribution < 1.29 is 9.53 Å². The summed E-state index contributed by atoms with van der Waals surface area (Å²) in [5.74, 6) is 1.72. The molecule has 0 aliphatic heterocycles. The Hall–Kier alpha value is -1.26. The molecule has 21 heavy (non-hydrogen) atoms. The summed E-state index contributed by atoms with van der Waals surface area (Å²) >= 11 is 0. The molecule has 1 fully saturated rings. The van der Waals surface area contributed by atoms with Crippen molar-refractivity contribution in [1.82, 2.24) is 5.32 Å². The maximum absolute atomic E-state index is 11.9. The average Bonchev–Trinajstić information content (AvgIpc) is 3.29. The van der Waals surface area contributed by atoms with Crippen LogP contribution in [0.4, 0.5) is 0 Å². The van der Waals surface area contributed by atoms with Crippen LogP contribution < -0.4 is 15.8 Å². The Balaban J connectivity index is 0.00000220. The number of hydrogen-bond donors (Lipinski definition) is 2. The van der Waals surface area contributed by atoms with Crippen molar-refractivity contribution in [2.75, 3.05) is 13.7 Å². The van der Waals surface area contributed by atoms with Crippen LogP contribution in [0.25, 0.3) is 0 Å². The van der Waals surface area contributed by atoms with E-state index >= 15 is 0 Å². The van der Waals surface area contributed by atoms with Crippen LogP contribution in [0.15, 0.2) is 24.3 Å². The molecule has 5 heteroatoms. The third-order valence-electron chi connectivity index (χ3n) is 3.94. The normalized spacial score (nSPS) is 16.5. The number of ether oxygens (including phenoxy) is 1. The van der Waals surface area contributed by atoms with E-state index in [0.29, 0.717) is 18.9 Å². The Kier molecular flexibility index (Phi) is 6.99. The molecule has 118 valence electrons. The lowest BCUT2D eigenvalue weighted by molar-refractivity contribution is -0.121. The van der Waals surface area contributed by atoms with Crippen molar-refractivity contribution in [2.24, 2.45) is 11.7 Å². The first-order chi connectivity index (χ1) is 9.60. The van der Waals surface area contributed by atoms with Gasteiger partial charge in [-0.2, -0.15) is 0 Å². The fourth-order valence-electron chi connectivity index (χ4n) is 2.32. The topological polar surface area (TPSA) is 64.3 Å². The first-order valence-corrected chi connectivity index (χ1v) is 7.26. The summed E-state index contributed by atoms with van der Waals surface area (Å²) in [6.07, 6.45) is 2.91. The summed E-state index contributed by atoms with van der Waals surface area (Å²) in [6.45, 7) is 2.65. The van der Waals surface area contributed by atoms with Crippen LogP contribution in [-0.4, -0.2) is 25.6 Å². The van der Waals surface area contributed by atoms with Crippen molar-refractivity contribution in [1.29, 1.82) is 0 Å². The van der Waals surface area contributed by atoms with Gasteiger partial charge >= 0.3 is 0 Å². The number of nitrogens with one attached hydrogen (secondary N) is 1. The van der Waals surface area contributed by atoms with Gasteiger partial charge in [0.1, 0.15) is 5.75 Å². The SMILES string of the molecule is COc1ccc(C(C)CC(=O)NCC(N)C2CC2)cc1.Cl. The second-order valence-electron chi connectivity index (χ2n) is 5.68. The highest BCUT2D eigenvalue weighted by molar-refractivity contribution is 5.85. The molecule has 0 radical (unpaired) electrons. The maximum Gasteiger partial charge on any atom is 0.220 e. The Labute approximate surface area is 132 Å². The average molecular weight is 313 g/mol. The molecule has 1 aliphatic carbocycles. The number of hydrogen-bond acceptors (Lipinski definition) is 3. The molecule has 0 bridgehead atoms.